The van der Waals surface area contributed by atoms with Gasteiger partial charge in [-0.3, -0.25) is 13.9 Å². The molecular weight excluding hydrogens is 605 g/mol. The van der Waals surface area contributed by atoms with Crippen LogP contribution in [0.1, 0.15) is 44.7 Å². The second-order valence-corrected chi connectivity index (χ2v) is 13.0. The molecular formula is C30H34Cl3N3O4S. The van der Waals surface area contributed by atoms with E-state index in [0.29, 0.717) is 17.9 Å². The molecule has 0 aliphatic carbocycles. The quantitative estimate of drug-likeness (QED) is 0.235. The second-order valence-electron chi connectivity index (χ2n) is 9.84. The average Bonchev–Trinajstić information content (AvgIpc) is 2.92. The van der Waals surface area contributed by atoms with E-state index < -0.39 is 28.5 Å². The SMILES string of the molecule is CC[C@@H](C)NC(=O)[C@H](CC)N(Cc1ccc(Cl)cc1)C(=O)CN(c1cc(Cl)cc(Cl)c1)S(=O)(=O)c1ccc(C)cc1. The van der Waals surface area contributed by atoms with Crippen molar-refractivity contribution in [2.24, 2.45) is 0 Å². The lowest BCUT2D eigenvalue weighted by Crippen LogP contribution is -2.53. The van der Waals surface area contributed by atoms with Gasteiger partial charge >= 0.3 is 0 Å². The van der Waals surface area contributed by atoms with Crippen LogP contribution in [0.25, 0.3) is 0 Å². The molecule has 41 heavy (non-hydrogen) atoms. The largest absolute Gasteiger partial charge is 0.352 e. The maximum absolute atomic E-state index is 14.1. The molecule has 2 atom stereocenters. The number of halogens is 3. The number of nitrogens with zero attached hydrogens (tertiary/aromatic N) is 2. The van der Waals surface area contributed by atoms with Gasteiger partial charge in [-0.15, -0.1) is 0 Å². The van der Waals surface area contributed by atoms with E-state index in [1.807, 2.05) is 20.8 Å². The number of sulfonamides is 1. The van der Waals surface area contributed by atoms with Crippen LogP contribution in [0.2, 0.25) is 15.1 Å². The van der Waals surface area contributed by atoms with Crippen molar-refractivity contribution in [2.45, 2.75) is 64.1 Å². The van der Waals surface area contributed by atoms with E-state index in [9.17, 15) is 18.0 Å². The van der Waals surface area contributed by atoms with Crippen molar-refractivity contribution in [1.82, 2.24) is 10.2 Å². The van der Waals surface area contributed by atoms with E-state index in [2.05, 4.69) is 5.32 Å². The third-order valence-corrected chi connectivity index (χ3v) is 9.15. The number of aryl methyl sites for hydroxylation is 1. The van der Waals surface area contributed by atoms with Gasteiger partial charge in [0.1, 0.15) is 12.6 Å². The first-order valence-electron chi connectivity index (χ1n) is 13.3. The smallest absolute Gasteiger partial charge is 0.264 e. The van der Waals surface area contributed by atoms with Crippen LogP contribution in [-0.2, 0) is 26.2 Å². The molecule has 11 heteroatoms. The zero-order chi connectivity index (χ0) is 30.3. The topological polar surface area (TPSA) is 86.8 Å². The molecule has 3 aromatic carbocycles. The highest BCUT2D eigenvalue weighted by Gasteiger charge is 2.34. The Balaban J connectivity index is 2.09. The number of nitrogens with one attached hydrogen (secondary N) is 1. The van der Waals surface area contributed by atoms with Gasteiger partial charge in [0.15, 0.2) is 0 Å². The van der Waals surface area contributed by atoms with Gasteiger partial charge in [-0.05, 0) is 74.7 Å². The van der Waals surface area contributed by atoms with E-state index in [1.165, 1.54) is 35.2 Å². The first-order valence-corrected chi connectivity index (χ1v) is 15.8. The van der Waals surface area contributed by atoms with Crippen molar-refractivity contribution in [3.8, 4) is 0 Å². The van der Waals surface area contributed by atoms with Gasteiger partial charge in [0, 0.05) is 27.7 Å². The molecule has 0 bridgehead atoms. The van der Waals surface area contributed by atoms with E-state index in [-0.39, 0.29) is 39.1 Å². The molecule has 3 rings (SSSR count). The van der Waals surface area contributed by atoms with Crippen LogP contribution < -0.4 is 9.62 Å². The molecule has 0 fully saturated rings. The van der Waals surface area contributed by atoms with Gasteiger partial charge in [0.2, 0.25) is 11.8 Å². The molecule has 0 radical (unpaired) electrons. The van der Waals surface area contributed by atoms with Crippen LogP contribution in [0.15, 0.2) is 71.6 Å². The third kappa shape index (κ3) is 8.61. The normalized spacial score (nSPS) is 12.9. The monoisotopic (exact) mass is 637 g/mol. The lowest BCUT2D eigenvalue weighted by Gasteiger charge is -2.33. The Morgan fingerprint density at radius 2 is 1.44 bits per heavy atom. The van der Waals surface area contributed by atoms with Crippen molar-refractivity contribution >= 4 is 62.3 Å². The molecule has 220 valence electrons. The Morgan fingerprint density at radius 1 is 0.854 bits per heavy atom. The predicted molar refractivity (Wildman–Crippen MR) is 166 cm³/mol. The zero-order valence-corrected chi connectivity index (χ0v) is 26.5. The summed E-state index contributed by atoms with van der Waals surface area (Å²) in [7, 11) is -4.24. The van der Waals surface area contributed by atoms with Gasteiger partial charge in [-0.2, -0.15) is 0 Å². The van der Waals surface area contributed by atoms with Gasteiger partial charge in [-0.25, -0.2) is 8.42 Å². The van der Waals surface area contributed by atoms with Crippen molar-refractivity contribution in [1.29, 1.82) is 0 Å². The van der Waals surface area contributed by atoms with E-state index in [0.717, 1.165) is 15.4 Å². The van der Waals surface area contributed by atoms with Crippen LogP contribution >= 0.6 is 34.8 Å². The summed E-state index contributed by atoms with van der Waals surface area (Å²) < 4.78 is 28.9. The minimum absolute atomic E-state index is 0.00203. The molecule has 0 heterocycles. The minimum atomic E-state index is -4.24. The maximum Gasteiger partial charge on any atom is 0.264 e. The van der Waals surface area contributed by atoms with Gasteiger partial charge in [0.25, 0.3) is 10.0 Å². The third-order valence-electron chi connectivity index (χ3n) is 6.68. The fourth-order valence-corrected chi connectivity index (χ4v) is 6.23. The number of anilines is 1. The molecule has 1 N–H and O–H groups in total. The number of rotatable bonds is 12. The number of amides is 2. The highest BCUT2D eigenvalue weighted by molar-refractivity contribution is 7.92. The summed E-state index contributed by atoms with van der Waals surface area (Å²) in [5, 5.41) is 3.90. The first kappa shape index (κ1) is 32.7. The number of benzene rings is 3. The molecule has 3 aromatic rings. The Morgan fingerprint density at radius 3 is 1.98 bits per heavy atom. The molecule has 0 spiro atoms. The number of hydrogen-bond acceptors (Lipinski definition) is 4. The second kappa shape index (κ2) is 14.4. The minimum Gasteiger partial charge on any atom is -0.352 e. The molecule has 0 aliphatic heterocycles. The summed E-state index contributed by atoms with van der Waals surface area (Å²) in [6.45, 7) is 6.96. The fraction of sp³-hybridized carbons (Fsp3) is 0.333. The molecule has 0 saturated carbocycles. The molecule has 0 unspecified atom stereocenters. The van der Waals surface area contributed by atoms with Crippen molar-refractivity contribution in [3.63, 3.8) is 0 Å². The van der Waals surface area contributed by atoms with Gasteiger partial charge in [0.05, 0.1) is 10.6 Å². The van der Waals surface area contributed by atoms with E-state index in [4.69, 9.17) is 34.8 Å². The molecule has 0 aromatic heterocycles. The summed E-state index contributed by atoms with van der Waals surface area (Å²) in [4.78, 5) is 28.8. The van der Waals surface area contributed by atoms with Crippen molar-refractivity contribution < 1.29 is 18.0 Å². The predicted octanol–water partition coefficient (Wildman–Crippen LogP) is 6.87. The van der Waals surface area contributed by atoms with Crippen molar-refractivity contribution in [3.05, 3.63) is 92.9 Å². The molecule has 0 aliphatic rings. The molecule has 0 saturated heterocycles. The van der Waals surface area contributed by atoms with Crippen LogP contribution in [0, 0.1) is 6.92 Å². The number of carbonyl (C=O) groups is 2. The van der Waals surface area contributed by atoms with Crippen LogP contribution in [-0.4, -0.2) is 43.8 Å². The van der Waals surface area contributed by atoms with Crippen LogP contribution in [0.4, 0.5) is 5.69 Å². The zero-order valence-electron chi connectivity index (χ0n) is 23.4. The highest BCUT2D eigenvalue weighted by atomic mass is 35.5. The Hall–Kier alpha value is -2.78. The first-order chi connectivity index (χ1) is 19.3. The Kier molecular flexibility index (Phi) is 11.5. The summed E-state index contributed by atoms with van der Waals surface area (Å²) >= 11 is 18.5. The Labute approximate surface area is 257 Å². The lowest BCUT2D eigenvalue weighted by atomic mass is 10.1. The van der Waals surface area contributed by atoms with E-state index in [1.54, 1.807) is 43.3 Å². The van der Waals surface area contributed by atoms with Crippen LogP contribution in [0.5, 0.6) is 0 Å². The lowest BCUT2D eigenvalue weighted by molar-refractivity contribution is -0.140. The summed E-state index contributed by atoms with van der Waals surface area (Å²) in [5.74, 6) is -0.888. The van der Waals surface area contributed by atoms with Crippen molar-refractivity contribution in [2.75, 3.05) is 10.8 Å². The molecule has 2 amide bonds. The van der Waals surface area contributed by atoms with Crippen LogP contribution in [0.3, 0.4) is 0 Å². The molecule has 7 nitrogen and oxygen atoms in total. The standard InChI is InChI=1S/C30H34Cl3N3O4S/c1-5-21(4)34-30(38)28(6-2)35(18-22-9-11-23(31)12-10-22)29(37)19-36(26-16-24(32)15-25(33)17-26)41(39,40)27-13-7-20(3)8-14-27/h7-17,21,28H,5-6,18-19H2,1-4H3,(H,34,38)/t21-,28+/m1/s1. The van der Waals surface area contributed by atoms with E-state index >= 15 is 0 Å². The maximum atomic E-state index is 14.1. The fourth-order valence-electron chi connectivity index (χ4n) is 4.20. The summed E-state index contributed by atoms with van der Waals surface area (Å²) in [6.07, 6.45) is 1.03. The number of carbonyl (C=O) groups excluding carboxylic acids is 2. The summed E-state index contributed by atoms with van der Waals surface area (Å²) in [6, 6.07) is 16.6. The summed E-state index contributed by atoms with van der Waals surface area (Å²) in [5.41, 5.74) is 1.74. The van der Waals surface area contributed by atoms with Gasteiger partial charge < -0.3 is 10.2 Å². The van der Waals surface area contributed by atoms with Gasteiger partial charge in [-0.1, -0.05) is 78.5 Å². The Bertz CT molecular complexity index is 1450. The highest BCUT2D eigenvalue weighted by Crippen LogP contribution is 2.30. The number of hydrogen-bond donors (Lipinski definition) is 1. The average molecular weight is 639 g/mol.